The molecule has 4 aromatic rings. The van der Waals surface area contributed by atoms with Gasteiger partial charge in [-0.3, -0.25) is 4.98 Å². The monoisotopic (exact) mass is 478 g/mol. The summed E-state index contributed by atoms with van der Waals surface area (Å²) < 4.78 is 34.6. The maximum Gasteiger partial charge on any atom is 0.416 e. The van der Waals surface area contributed by atoms with Gasteiger partial charge in [0.25, 0.3) is 0 Å². The summed E-state index contributed by atoms with van der Waals surface area (Å²) in [5, 5.41) is 7.80. The third-order valence-corrected chi connectivity index (χ3v) is 5.26. The Bertz CT molecular complexity index is 1470. The lowest BCUT2D eigenvalue weighted by atomic mass is 10.1. The third kappa shape index (κ3) is 4.21. The number of hydrazone groups is 1. The van der Waals surface area contributed by atoms with Crippen LogP contribution in [-0.4, -0.2) is 44.5 Å². The van der Waals surface area contributed by atoms with E-state index in [2.05, 4.69) is 20.2 Å². The molecule has 176 valence electrons. The SMILES string of the molecule is NC(=O)N/N=C/c1ccc(-c2cnn3ccc(N4C(=O)OC[C@@H]4c4ccc(F)cn4)nc23)cc1F. The maximum absolute atomic E-state index is 14.6. The lowest BCUT2D eigenvalue weighted by Crippen LogP contribution is -2.28. The van der Waals surface area contributed by atoms with Crippen molar-refractivity contribution in [1.82, 2.24) is 25.0 Å². The fourth-order valence-electron chi connectivity index (χ4n) is 3.64. The van der Waals surface area contributed by atoms with Gasteiger partial charge in [-0.05, 0) is 35.9 Å². The standard InChI is InChI=1S/C22H16F2N8O3/c23-14-3-4-17(26-9-14)18-11-35-22(34)32(18)19-5-6-31-20(29-19)15(10-28-31)12-1-2-13(16(24)7-12)8-27-30-21(25)33/h1-10,18H,11H2,(H3,25,30,33)/b27-8+/t18-/m1/s1. The van der Waals surface area contributed by atoms with Crippen LogP contribution in [0.25, 0.3) is 16.8 Å². The number of cyclic esters (lactones) is 1. The minimum atomic E-state index is -0.870. The van der Waals surface area contributed by atoms with E-state index < -0.39 is 29.8 Å². The van der Waals surface area contributed by atoms with E-state index in [4.69, 9.17) is 10.5 Å². The van der Waals surface area contributed by atoms with Crippen molar-refractivity contribution in [3.05, 3.63) is 77.9 Å². The first-order valence-corrected chi connectivity index (χ1v) is 10.2. The van der Waals surface area contributed by atoms with E-state index in [9.17, 15) is 18.4 Å². The highest BCUT2D eigenvalue weighted by Gasteiger charge is 2.37. The second-order valence-electron chi connectivity index (χ2n) is 7.45. The number of carbonyl (C=O) groups excluding carboxylic acids is 2. The van der Waals surface area contributed by atoms with E-state index in [1.807, 2.05) is 5.43 Å². The second kappa shape index (κ2) is 8.78. The molecule has 0 unspecified atom stereocenters. The number of hydrogen-bond donors (Lipinski definition) is 2. The number of carbonyl (C=O) groups is 2. The Balaban J connectivity index is 1.50. The molecule has 1 aliphatic rings. The average Bonchev–Trinajstić information content (AvgIpc) is 3.43. The van der Waals surface area contributed by atoms with Crippen LogP contribution in [0.4, 0.5) is 24.2 Å². The number of halogens is 2. The van der Waals surface area contributed by atoms with Crippen molar-refractivity contribution < 1.29 is 23.1 Å². The van der Waals surface area contributed by atoms with Gasteiger partial charge in [-0.1, -0.05) is 6.07 Å². The van der Waals surface area contributed by atoms with Crippen molar-refractivity contribution in [3.8, 4) is 11.1 Å². The molecule has 1 saturated heterocycles. The van der Waals surface area contributed by atoms with Gasteiger partial charge >= 0.3 is 12.1 Å². The predicted molar refractivity (Wildman–Crippen MR) is 119 cm³/mol. The zero-order valence-corrected chi connectivity index (χ0v) is 17.8. The summed E-state index contributed by atoms with van der Waals surface area (Å²) in [6.45, 7) is 0.0231. The van der Waals surface area contributed by atoms with Gasteiger partial charge < -0.3 is 10.5 Å². The summed E-state index contributed by atoms with van der Waals surface area (Å²) >= 11 is 0. The van der Waals surface area contributed by atoms with Crippen molar-refractivity contribution in [2.45, 2.75) is 6.04 Å². The van der Waals surface area contributed by atoms with Gasteiger partial charge in [0.15, 0.2) is 5.65 Å². The lowest BCUT2D eigenvalue weighted by molar-refractivity contribution is 0.178. The number of aromatic nitrogens is 4. The van der Waals surface area contributed by atoms with Gasteiger partial charge in [0.1, 0.15) is 30.1 Å². The molecule has 0 bridgehead atoms. The first kappa shape index (κ1) is 21.9. The molecule has 3 amide bonds. The van der Waals surface area contributed by atoms with Crippen molar-refractivity contribution in [1.29, 1.82) is 0 Å². The highest BCUT2D eigenvalue weighted by Crippen LogP contribution is 2.33. The van der Waals surface area contributed by atoms with E-state index in [0.717, 1.165) is 12.4 Å². The summed E-state index contributed by atoms with van der Waals surface area (Å²) in [5.74, 6) is -0.833. The second-order valence-corrected chi connectivity index (χ2v) is 7.45. The van der Waals surface area contributed by atoms with Crippen LogP contribution in [0.15, 0.2) is 60.1 Å². The van der Waals surface area contributed by atoms with Crippen molar-refractivity contribution >= 4 is 29.8 Å². The van der Waals surface area contributed by atoms with Crippen LogP contribution >= 0.6 is 0 Å². The first-order chi connectivity index (χ1) is 16.9. The van der Waals surface area contributed by atoms with Crippen LogP contribution in [0.5, 0.6) is 0 Å². The number of anilines is 1. The number of nitrogens with one attached hydrogen (secondary N) is 1. The molecule has 13 heteroatoms. The third-order valence-electron chi connectivity index (χ3n) is 5.26. The molecule has 3 aromatic heterocycles. The maximum atomic E-state index is 14.6. The Labute approximate surface area is 195 Å². The summed E-state index contributed by atoms with van der Waals surface area (Å²) in [6, 6.07) is 7.21. The Hall–Kier alpha value is -4.94. The fraction of sp³-hybridized carbons (Fsp3) is 0.0909. The first-order valence-electron chi connectivity index (χ1n) is 10.2. The van der Waals surface area contributed by atoms with Crippen LogP contribution in [0.3, 0.4) is 0 Å². The lowest BCUT2D eigenvalue weighted by Gasteiger charge is -2.20. The van der Waals surface area contributed by atoms with Crippen LogP contribution < -0.4 is 16.1 Å². The molecule has 1 aromatic carbocycles. The Morgan fingerprint density at radius 3 is 2.83 bits per heavy atom. The number of nitrogens with zero attached hydrogens (tertiary/aromatic N) is 6. The molecule has 0 spiro atoms. The molecular formula is C22H16F2N8O3. The van der Waals surface area contributed by atoms with E-state index in [0.29, 0.717) is 22.5 Å². The number of ether oxygens (including phenoxy) is 1. The molecule has 0 radical (unpaired) electrons. The highest BCUT2D eigenvalue weighted by molar-refractivity contribution is 5.90. The minimum absolute atomic E-state index is 0.0231. The van der Waals surface area contributed by atoms with Crippen LogP contribution in [0.1, 0.15) is 17.3 Å². The number of urea groups is 1. The number of primary amides is 1. The largest absolute Gasteiger partial charge is 0.446 e. The molecule has 1 atom stereocenters. The van der Waals surface area contributed by atoms with Crippen molar-refractivity contribution in [2.75, 3.05) is 11.5 Å². The zero-order valence-electron chi connectivity index (χ0n) is 17.8. The number of hydrogen-bond acceptors (Lipinski definition) is 7. The number of amides is 3. The number of pyridine rings is 1. The van der Waals surface area contributed by atoms with Gasteiger partial charge in [0, 0.05) is 17.3 Å². The Morgan fingerprint density at radius 2 is 2.09 bits per heavy atom. The molecule has 35 heavy (non-hydrogen) atoms. The molecule has 1 aliphatic heterocycles. The molecule has 5 rings (SSSR count). The normalized spacial score (nSPS) is 15.7. The number of rotatable bonds is 5. The van der Waals surface area contributed by atoms with Crippen LogP contribution in [0, 0.1) is 11.6 Å². The van der Waals surface area contributed by atoms with Gasteiger partial charge in [0.2, 0.25) is 0 Å². The number of nitrogens with two attached hydrogens (primary N) is 1. The zero-order chi connectivity index (χ0) is 24.5. The van der Waals surface area contributed by atoms with E-state index in [-0.39, 0.29) is 18.0 Å². The molecular weight excluding hydrogens is 462 g/mol. The van der Waals surface area contributed by atoms with Crippen LogP contribution in [-0.2, 0) is 4.74 Å². The van der Waals surface area contributed by atoms with Gasteiger partial charge in [0.05, 0.1) is 24.3 Å². The topological polar surface area (TPSA) is 140 Å². The van der Waals surface area contributed by atoms with E-state index >= 15 is 0 Å². The number of benzene rings is 1. The summed E-state index contributed by atoms with van der Waals surface area (Å²) in [5.41, 5.74) is 8.84. The van der Waals surface area contributed by atoms with E-state index in [1.54, 1.807) is 18.3 Å². The molecule has 0 saturated carbocycles. The summed E-state index contributed by atoms with van der Waals surface area (Å²) in [7, 11) is 0. The smallest absolute Gasteiger partial charge is 0.416 e. The van der Waals surface area contributed by atoms with Crippen molar-refractivity contribution in [2.24, 2.45) is 10.8 Å². The van der Waals surface area contributed by atoms with Crippen LogP contribution in [0.2, 0.25) is 0 Å². The average molecular weight is 478 g/mol. The molecule has 0 aliphatic carbocycles. The predicted octanol–water partition coefficient (Wildman–Crippen LogP) is 2.77. The highest BCUT2D eigenvalue weighted by atomic mass is 19.1. The number of fused-ring (bicyclic) bond motifs is 1. The summed E-state index contributed by atoms with van der Waals surface area (Å²) in [4.78, 5) is 33.2. The summed E-state index contributed by atoms with van der Waals surface area (Å²) in [6.07, 6.45) is 4.69. The fourth-order valence-corrected chi connectivity index (χ4v) is 3.64. The molecule has 4 heterocycles. The quantitative estimate of drug-likeness (QED) is 0.334. The molecule has 11 nitrogen and oxygen atoms in total. The van der Waals surface area contributed by atoms with Crippen molar-refractivity contribution in [3.63, 3.8) is 0 Å². The van der Waals surface area contributed by atoms with Gasteiger partial charge in [-0.15, -0.1) is 0 Å². The van der Waals surface area contributed by atoms with E-state index in [1.165, 1.54) is 39.9 Å². The minimum Gasteiger partial charge on any atom is -0.446 e. The molecule has 1 fully saturated rings. The van der Waals surface area contributed by atoms with Gasteiger partial charge in [-0.25, -0.2) is 38.2 Å². The Kier molecular flexibility index (Phi) is 5.49. The van der Waals surface area contributed by atoms with Gasteiger partial charge in [-0.2, -0.15) is 10.2 Å². The molecule has 3 N–H and O–H groups in total. The Morgan fingerprint density at radius 1 is 1.23 bits per heavy atom.